The van der Waals surface area contributed by atoms with Crippen LogP contribution in [0.2, 0.25) is 0 Å². The van der Waals surface area contributed by atoms with Crippen LogP contribution in [0.25, 0.3) is 15.9 Å². The highest BCUT2D eigenvalue weighted by atomic mass is 32.2. The number of thioether (sulfide) groups is 1. The number of carbonyl (C=O) groups is 1. The number of aromatic nitrogens is 2. The molecule has 4 rings (SSSR count). The molecule has 0 saturated heterocycles. The molecule has 1 amide bonds. The van der Waals surface area contributed by atoms with Gasteiger partial charge in [-0.15, -0.1) is 11.3 Å². The number of fused-ring (bicyclic) bond motifs is 1. The third-order valence-electron chi connectivity index (χ3n) is 5.04. The predicted molar refractivity (Wildman–Crippen MR) is 116 cm³/mol. The van der Waals surface area contributed by atoms with Crippen molar-refractivity contribution in [3.8, 4) is 5.69 Å². The summed E-state index contributed by atoms with van der Waals surface area (Å²) >= 11 is 2.86. The minimum atomic E-state index is -0.0658. The second kappa shape index (κ2) is 7.37. The van der Waals surface area contributed by atoms with Crippen LogP contribution in [0.15, 0.2) is 28.2 Å². The van der Waals surface area contributed by atoms with Crippen LogP contribution in [0.4, 0.5) is 0 Å². The first-order valence-electron chi connectivity index (χ1n) is 9.37. The molecule has 2 heterocycles. The number of amides is 1. The first kappa shape index (κ1) is 19.2. The highest BCUT2D eigenvalue weighted by Gasteiger charge is 2.24. The highest BCUT2D eigenvalue weighted by Crippen LogP contribution is 2.30. The quantitative estimate of drug-likeness (QED) is 0.506. The Labute approximate surface area is 172 Å². The summed E-state index contributed by atoms with van der Waals surface area (Å²) in [5.74, 6) is 0.246. The van der Waals surface area contributed by atoms with Crippen LogP contribution in [0.1, 0.15) is 34.4 Å². The van der Waals surface area contributed by atoms with E-state index in [0.29, 0.717) is 16.6 Å². The van der Waals surface area contributed by atoms with Gasteiger partial charge in [0.1, 0.15) is 4.83 Å². The molecule has 0 bridgehead atoms. The van der Waals surface area contributed by atoms with Crippen molar-refractivity contribution < 1.29 is 4.79 Å². The van der Waals surface area contributed by atoms with Gasteiger partial charge in [-0.05, 0) is 57.7 Å². The summed E-state index contributed by atoms with van der Waals surface area (Å²) in [5.41, 5.74) is 3.89. The van der Waals surface area contributed by atoms with Gasteiger partial charge < -0.3 is 5.32 Å². The number of nitrogens with zero attached hydrogens (tertiary/aromatic N) is 2. The summed E-state index contributed by atoms with van der Waals surface area (Å²) in [6, 6.07) is 6.35. The van der Waals surface area contributed by atoms with Gasteiger partial charge in [0.15, 0.2) is 5.16 Å². The number of nitrogens with one attached hydrogen (secondary N) is 1. The molecule has 0 atom stereocenters. The maximum absolute atomic E-state index is 13.5. The van der Waals surface area contributed by atoms with Gasteiger partial charge in [0.2, 0.25) is 5.91 Å². The van der Waals surface area contributed by atoms with Gasteiger partial charge in [0, 0.05) is 10.9 Å². The van der Waals surface area contributed by atoms with Crippen molar-refractivity contribution >= 4 is 39.2 Å². The van der Waals surface area contributed by atoms with E-state index >= 15 is 0 Å². The Hall–Kier alpha value is -2.12. The first-order valence-corrected chi connectivity index (χ1v) is 11.2. The molecular weight excluding hydrogens is 390 g/mol. The van der Waals surface area contributed by atoms with E-state index in [-0.39, 0.29) is 17.2 Å². The van der Waals surface area contributed by atoms with Gasteiger partial charge in [0.25, 0.3) is 5.56 Å². The monoisotopic (exact) mass is 413 g/mol. The van der Waals surface area contributed by atoms with Crippen LogP contribution in [0, 0.1) is 27.7 Å². The Bertz CT molecular complexity index is 1140. The van der Waals surface area contributed by atoms with Crippen molar-refractivity contribution in [1.82, 2.24) is 14.9 Å². The molecule has 1 N–H and O–H groups in total. The number of hydrogen-bond donors (Lipinski definition) is 1. The Morgan fingerprint density at radius 1 is 1.29 bits per heavy atom. The van der Waals surface area contributed by atoms with E-state index in [1.54, 1.807) is 4.57 Å². The molecule has 3 aromatic rings. The topological polar surface area (TPSA) is 64.0 Å². The molecule has 1 fully saturated rings. The molecule has 0 radical (unpaired) electrons. The van der Waals surface area contributed by atoms with Crippen LogP contribution in [-0.4, -0.2) is 27.3 Å². The number of thiophene rings is 1. The molecule has 5 nitrogen and oxygen atoms in total. The Morgan fingerprint density at radius 3 is 2.71 bits per heavy atom. The summed E-state index contributed by atoms with van der Waals surface area (Å²) in [4.78, 5) is 32.3. The van der Waals surface area contributed by atoms with E-state index in [9.17, 15) is 9.59 Å². The minimum Gasteiger partial charge on any atom is -0.353 e. The fraction of sp³-hybridized carbons (Fsp3) is 0.381. The average molecular weight is 414 g/mol. The zero-order chi connectivity index (χ0) is 20.0. The van der Waals surface area contributed by atoms with Gasteiger partial charge in [-0.25, -0.2) is 4.98 Å². The first-order chi connectivity index (χ1) is 13.3. The molecule has 0 spiro atoms. The second-order valence-electron chi connectivity index (χ2n) is 7.42. The lowest BCUT2D eigenvalue weighted by Crippen LogP contribution is -2.28. The molecule has 1 aromatic carbocycles. The van der Waals surface area contributed by atoms with Crippen molar-refractivity contribution in [2.45, 2.75) is 51.7 Å². The molecule has 28 heavy (non-hydrogen) atoms. The number of carbonyl (C=O) groups excluding carboxylic acids is 1. The molecule has 7 heteroatoms. The lowest BCUT2D eigenvalue weighted by Gasteiger charge is -2.15. The summed E-state index contributed by atoms with van der Waals surface area (Å²) < 4.78 is 1.67. The molecule has 2 aromatic heterocycles. The van der Waals surface area contributed by atoms with Gasteiger partial charge in [0.05, 0.1) is 16.8 Å². The summed E-state index contributed by atoms with van der Waals surface area (Å²) in [7, 11) is 0. The molecule has 1 saturated carbocycles. The largest absolute Gasteiger partial charge is 0.353 e. The van der Waals surface area contributed by atoms with E-state index < -0.39 is 0 Å². The van der Waals surface area contributed by atoms with E-state index in [1.807, 2.05) is 39.8 Å². The fourth-order valence-electron chi connectivity index (χ4n) is 3.27. The highest BCUT2D eigenvalue weighted by molar-refractivity contribution is 7.99. The van der Waals surface area contributed by atoms with Crippen LogP contribution >= 0.6 is 23.1 Å². The van der Waals surface area contributed by atoms with E-state index in [4.69, 9.17) is 4.98 Å². The van der Waals surface area contributed by atoms with Crippen molar-refractivity contribution in [3.05, 3.63) is 50.1 Å². The molecule has 146 valence electrons. The maximum atomic E-state index is 13.5. The van der Waals surface area contributed by atoms with E-state index in [2.05, 4.69) is 11.4 Å². The van der Waals surface area contributed by atoms with Gasteiger partial charge >= 0.3 is 0 Å². The molecule has 0 aliphatic heterocycles. The van der Waals surface area contributed by atoms with Crippen LogP contribution in [-0.2, 0) is 4.79 Å². The molecule has 1 aliphatic carbocycles. The van der Waals surface area contributed by atoms with Crippen molar-refractivity contribution in [2.75, 3.05) is 5.75 Å². The van der Waals surface area contributed by atoms with Gasteiger partial charge in [-0.1, -0.05) is 29.5 Å². The van der Waals surface area contributed by atoms with Gasteiger partial charge in [-0.2, -0.15) is 0 Å². The summed E-state index contributed by atoms with van der Waals surface area (Å²) in [5, 5.41) is 4.24. The Morgan fingerprint density at radius 2 is 2.04 bits per heavy atom. The van der Waals surface area contributed by atoms with Crippen LogP contribution in [0.5, 0.6) is 0 Å². The molecular formula is C21H23N3O2S2. The standard InChI is InChI=1S/C21H23N3O2S2/c1-11-5-8-16(12(2)9-11)24-20(26)18-13(3)14(4)28-19(18)23-21(24)27-10-17(25)22-15-6-7-15/h5,8-9,15H,6-7,10H2,1-4H3,(H,22,25). The van der Waals surface area contributed by atoms with Crippen LogP contribution in [0.3, 0.4) is 0 Å². The third-order valence-corrected chi connectivity index (χ3v) is 7.08. The molecule has 1 aliphatic rings. The normalized spacial score (nSPS) is 13.9. The number of aryl methyl sites for hydroxylation is 4. The second-order valence-corrected chi connectivity index (χ2v) is 9.56. The van der Waals surface area contributed by atoms with Gasteiger partial charge in [-0.3, -0.25) is 14.2 Å². The smallest absolute Gasteiger partial charge is 0.267 e. The minimum absolute atomic E-state index is 0.00688. The Balaban J connectivity index is 1.83. The SMILES string of the molecule is Cc1ccc(-n2c(SCC(=O)NC3CC3)nc3sc(C)c(C)c3c2=O)c(C)c1. The van der Waals surface area contributed by atoms with E-state index in [0.717, 1.165) is 44.9 Å². The van der Waals surface area contributed by atoms with E-state index in [1.165, 1.54) is 23.1 Å². The van der Waals surface area contributed by atoms with Crippen molar-refractivity contribution in [3.63, 3.8) is 0 Å². The Kier molecular flexibility index (Phi) is 5.05. The van der Waals surface area contributed by atoms with Crippen molar-refractivity contribution in [2.24, 2.45) is 0 Å². The van der Waals surface area contributed by atoms with Crippen LogP contribution < -0.4 is 10.9 Å². The number of rotatable bonds is 5. The van der Waals surface area contributed by atoms with Crippen molar-refractivity contribution in [1.29, 1.82) is 0 Å². The average Bonchev–Trinajstić information content (AvgIpc) is 3.39. The molecule has 0 unspecified atom stereocenters. The third kappa shape index (κ3) is 3.61. The lowest BCUT2D eigenvalue weighted by molar-refractivity contribution is -0.118. The predicted octanol–water partition coefficient (Wildman–Crippen LogP) is 4.05. The number of hydrogen-bond acceptors (Lipinski definition) is 5. The maximum Gasteiger partial charge on any atom is 0.267 e. The number of benzene rings is 1. The lowest BCUT2D eigenvalue weighted by atomic mass is 10.1. The summed E-state index contributed by atoms with van der Waals surface area (Å²) in [6.07, 6.45) is 2.11. The zero-order valence-electron chi connectivity index (χ0n) is 16.5. The fourth-order valence-corrected chi connectivity index (χ4v) is 5.16. The summed E-state index contributed by atoms with van der Waals surface area (Å²) in [6.45, 7) is 8.02. The zero-order valence-corrected chi connectivity index (χ0v) is 18.1.